The zero-order valence-corrected chi connectivity index (χ0v) is 13.7. The standard InChI is InChI=1S/C16H23Cl2NO/c1-3-20-14-10-12(17)11(9-13(14)18)15(19)16(2)7-5-4-6-8-16/h9-10,15H,3-8,19H2,1-2H3. The summed E-state index contributed by atoms with van der Waals surface area (Å²) in [5.41, 5.74) is 7.56. The summed E-state index contributed by atoms with van der Waals surface area (Å²) in [5.74, 6) is 0.629. The van der Waals surface area contributed by atoms with Gasteiger partial charge in [-0.1, -0.05) is 49.4 Å². The summed E-state index contributed by atoms with van der Waals surface area (Å²) >= 11 is 12.7. The van der Waals surface area contributed by atoms with E-state index in [0.29, 0.717) is 22.4 Å². The number of benzene rings is 1. The SMILES string of the molecule is CCOc1cc(Cl)c(C(N)C2(C)CCCCC2)cc1Cl. The molecule has 1 atom stereocenters. The molecule has 2 nitrogen and oxygen atoms in total. The predicted molar refractivity (Wildman–Crippen MR) is 85.8 cm³/mol. The van der Waals surface area contributed by atoms with Gasteiger partial charge in [0, 0.05) is 17.1 Å². The van der Waals surface area contributed by atoms with Gasteiger partial charge in [0.2, 0.25) is 0 Å². The van der Waals surface area contributed by atoms with Gasteiger partial charge < -0.3 is 10.5 Å². The van der Waals surface area contributed by atoms with Gasteiger partial charge in [0.1, 0.15) is 5.75 Å². The molecule has 4 heteroatoms. The van der Waals surface area contributed by atoms with Crippen molar-refractivity contribution in [2.24, 2.45) is 11.1 Å². The van der Waals surface area contributed by atoms with Gasteiger partial charge >= 0.3 is 0 Å². The first kappa shape index (κ1) is 15.9. The topological polar surface area (TPSA) is 35.2 Å². The molecule has 0 amide bonds. The van der Waals surface area contributed by atoms with Crippen LogP contribution < -0.4 is 10.5 Å². The van der Waals surface area contributed by atoms with E-state index in [-0.39, 0.29) is 11.5 Å². The average Bonchev–Trinajstić information content (AvgIpc) is 2.43. The molecule has 1 unspecified atom stereocenters. The maximum Gasteiger partial charge on any atom is 0.139 e. The third-order valence-corrected chi connectivity index (χ3v) is 5.06. The zero-order chi connectivity index (χ0) is 14.8. The Hall–Kier alpha value is -0.440. The predicted octanol–water partition coefficient (Wildman–Crippen LogP) is 5.36. The molecule has 2 N–H and O–H groups in total. The van der Waals surface area contributed by atoms with Gasteiger partial charge in [0.05, 0.1) is 11.6 Å². The van der Waals surface area contributed by atoms with Gasteiger partial charge in [0.25, 0.3) is 0 Å². The molecule has 1 aliphatic carbocycles. The molecule has 0 aliphatic heterocycles. The van der Waals surface area contributed by atoms with Crippen LogP contribution in [0.1, 0.15) is 57.6 Å². The largest absolute Gasteiger partial charge is 0.492 e. The fourth-order valence-electron chi connectivity index (χ4n) is 3.09. The zero-order valence-electron chi connectivity index (χ0n) is 12.2. The van der Waals surface area contributed by atoms with Crippen LogP contribution in [0.2, 0.25) is 10.0 Å². The van der Waals surface area contributed by atoms with E-state index >= 15 is 0 Å². The van der Waals surface area contributed by atoms with Gasteiger partial charge in [-0.3, -0.25) is 0 Å². The van der Waals surface area contributed by atoms with E-state index in [1.165, 1.54) is 19.3 Å². The normalized spacial score (nSPS) is 19.6. The quantitative estimate of drug-likeness (QED) is 0.811. The van der Waals surface area contributed by atoms with Crippen LogP contribution in [0, 0.1) is 5.41 Å². The summed E-state index contributed by atoms with van der Waals surface area (Å²) in [6.45, 7) is 4.75. The summed E-state index contributed by atoms with van der Waals surface area (Å²) in [5, 5.41) is 1.23. The molecule has 0 spiro atoms. The van der Waals surface area contributed by atoms with Gasteiger partial charge in [-0.2, -0.15) is 0 Å². The second-order valence-electron chi connectivity index (χ2n) is 5.93. The van der Waals surface area contributed by atoms with E-state index in [4.69, 9.17) is 33.7 Å². The molecule has 0 saturated heterocycles. The van der Waals surface area contributed by atoms with Crippen molar-refractivity contribution in [3.63, 3.8) is 0 Å². The van der Waals surface area contributed by atoms with Crippen molar-refractivity contribution in [3.8, 4) is 5.75 Å². The van der Waals surface area contributed by atoms with E-state index in [9.17, 15) is 0 Å². The minimum Gasteiger partial charge on any atom is -0.492 e. The minimum absolute atomic E-state index is 0.0801. The lowest BCUT2D eigenvalue weighted by atomic mass is 9.69. The smallest absolute Gasteiger partial charge is 0.139 e. The van der Waals surface area contributed by atoms with Crippen molar-refractivity contribution >= 4 is 23.2 Å². The van der Waals surface area contributed by atoms with Crippen molar-refractivity contribution in [1.82, 2.24) is 0 Å². The summed E-state index contributed by atoms with van der Waals surface area (Å²) in [7, 11) is 0. The van der Waals surface area contributed by atoms with Crippen LogP contribution in [-0.4, -0.2) is 6.61 Å². The molecule has 0 heterocycles. The molecule has 20 heavy (non-hydrogen) atoms. The fourth-order valence-corrected chi connectivity index (χ4v) is 3.59. The highest BCUT2D eigenvalue weighted by atomic mass is 35.5. The number of hydrogen-bond acceptors (Lipinski definition) is 2. The molecule has 1 aliphatic rings. The van der Waals surface area contributed by atoms with Crippen LogP contribution >= 0.6 is 23.2 Å². The van der Waals surface area contributed by atoms with Crippen molar-refractivity contribution < 1.29 is 4.74 Å². The third-order valence-electron chi connectivity index (χ3n) is 4.43. The van der Waals surface area contributed by atoms with Crippen LogP contribution in [0.15, 0.2) is 12.1 Å². The highest BCUT2D eigenvalue weighted by molar-refractivity contribution is 6.34. The highest BCUT2D eigenvalue weighted by Gasteiger charge is 2.35. The first-order chi connectivity index (χ1) is 9.48. The van der Waals surface area contributed by atoms with Crippen LogP contribution in [0.3, 0.4) is 0 Å². The molecule has 1 aromatic rings. The number of hydrogen-bond donors (Lipinski definition) is 1. The summed E-state index contributed by atoms with van der Waals surface area (Å²) in [6, 6.07) is 3.58. The lowest BCUT2D eigenvalue weighted by Gasteiger charge is -2.39. The molecule has 1 fully saturated rings. The van der Waals surface area contributed by atoms with Crippen LogP contribution in [0.5, 0.6) is 5.75 Å². The minimum atomic E-state index is -0.0801. The van der Waals surface area contributed by atoms with Gasteiger partial charge in [-0.25, -0.2) is 0 Å². The molecule has 112 valence electrons. The van der Waals surface area contributed by atoms with Crippen LogP contribution in [-0.2, 0) is 0 Å². The molecule has 1 saturated carbocycles. The maximum atomic E-state index is 6.51. The average molecular weight is 316 g/mol. The van der Waals surface area contributed by atoms with Crippen molar-refractivity contribution in [1.29, 1.82) is 0 Å². The summed E-state index contributed by atoms with van der Waals surface area (Å²) in [6.07, 6.45) is 6.09. The number of ether oxygens (including phenoxy) is 1. The van der Waals surface area contributed by atoms with Crippen molar-refractivity contribution in [3.05, 3.63) is 27.7 Å². The summed E-state index contributed by atoms with van der Waals surface area (Å²) in [4.78, 5) is 0. The van der Waals surface area contributed by atoms with E-state index < -0.39 is 0 Å². The highest BCUT2D eigenvalue weighted by Crippen LogP contribution is 2.47. The Morgan fingerprint density at radius 3 is 2.45 bits per heavy atom. The van der Waals surface area contributed by atoms with E-state index in [1.54, 1.807) is 6.07 Å². The Labute approximate surface area is 131 Å². The Morgan fingerprint density at radius 2 is 1.85 bits per heavy atom. The van der Waals surface area contributed by atoms with Gasteiger partial charge in [-0.05, 0) is 36.8 Å². The molecular formula is C16H23Cl2NO. The second kappa shape index (κ2) is 6.55. The van der Waals surface area contributed by atoms with Gasteiger partial charge in [-0.15, -0.1) is 0 Å². The van der Waals surface area contributed by atoms with Crippen LogP contribution in [0.4, 0.5) is 0 Å². The lowest BCUT2D eigenvalue weighted by Crippen LogP contribution is -2.34. The Balaban J connectivity index is 2.29. The molecular weight excluding hydrogens is 293 g/mol. The first-order valence-corrected chi connectivity index (χ1v) is 8.11. The fraction of sp³-hybridized carbons (Fsp3) is 0.625. The van der Waals surface area contributed by atoms with E-state index in [2.05, 4.69) is 6.92 Å². The van der Waals surface area contributed by atoms with Crippen molar-refractivity contribution in [2.45, 2.75) is 52.0 Å². The summed E-state index contributed by atoms with van der Waals surface area (Å²) < 4.78 is 5.47. The lowest BCUT2D eigenvalue weighted by molar-refractivity contribution is 0.170. The van der Waals surface area contributed by atoms with Crippen molar-refractivity contribution in [2.75, 3.05) is 6.61 Å². The second-order valence-corrected chi connectivity index (χ2v) is 6.74. The molecule has 0 radical (unpaired) electrons. The molecule has 0 aromatic heterocycles. The first-order valence-electron chi connectivity index (χ1n) is 7.35. The molecule has 2 rings (SSSR count). The van der Waals surface area contributed by atoms with E-state index in [1.807, 2.05) is 13.0 Å². The number of rotatable bonds is 4. The van der Waals surface area contributed by atoms with E-state index in [0.717, 1.165) is 18.4 Å². The number of nitrogens with two attached hydrogens (primary N) is 1. The Bertz CT molecular complexity index is 470. The monoisotopic (exact) mass is 315 g/mol. The Morgan fingerprint density at radius 1 is 1.20 bits per heavy atom. The molecule has 1 aromatic carbocycles. The number of halogens is 2. The Kier molecular flexibility index (Phi) is 5.22. The van der Waals surface area contributed by atoms with Gasteiger partial charge in [0.15, 0.2) is 0 Å². The third kappa shape index (κ3) is 3.24. The molecule has 0 bridgehead atoms. The maximum absolute atomic E-state index is 6.51. The van der Waals surface area contributed by atoms with Crippen LogP contribution in [0.25, 0.3) is 0 Å².